The van der Waals surface area contributed by atoms with Gasteiger partial charge in [-0.2, -0.15) is 10.5 Å². The SMILES string of the molecule is CC(C)(C)C1=C(C#N)[C@@H](c2cc3c(cc2Br)OCO3)C(C#N)=C(N)O1. The molecule has 0 radical (unpaired) electrons. The van der Waals surface area contributed by atoms with Crippen LogP contribution in [0.2, 0.25) is 0 Å². The van der Waals surface area contributed by atoms with Crippen LogP contribution < -0.4 is 15.2 Å². The summed E-state index contributed by atoms with van der Waals surface area (Å²) in [5.41, 5.74) is 6.81. The van der Waals surface area contributed by atoms with Crippen molar-refractivity contribution in [3.05, 3.63) is 45.0 Å². The summed E-state index contributed by atoms with van der Waals surface area (Å²) in [7, 11) is 0. The van der Waals surface area contributed by atoms with Crippen LogP contribution >= 0.6 is 15.9 Å². The highest BCUT2D eigenvalue weighted by Crippen LogP contribution is 2.48. The second-order valence-electron chi connectivity index (χ2n) is 6.76. The molecule has 25 heavy (non-hydrogen) atoms. The summed E-state index contributed by atoms with van der Waals surface area (Å²) >= 11 is 3.51. The Bertz CT molecular complexity index is 898. The van der Waals surface area contributed by atoms with Crippen molar-refractivity contribution < 1.29 is 14.2 Å². The molecule has 0 saturated carbocycles. The zero-order valence-electron chi connectivity index (χ0n) is 14.0. The van der Waals surface area contributed by atoms with Crippen LogP contribution in [0.15, 0.2) is 39.4 Å². The van der Waals surface area contributed by atoms with E-state index < -0.39 is 11.3 Å². The van der Waals surface area contributed by atoms with Gasteiger partial charge in [0.1, 0.15) is 17.4 Å². The molecular weight excluding hydrogens is 386 g/mol. The van der Waals surface area contributed by atoms with Crippen molar-refractivity contribution in [1.29, 1.82) is 10.5 Å². The number of benzene rings is 1. The van der Waals surface area contributed by atoms with E-state index in [1.807, 2.05) is 20.8 Å². The molecule has 1 aromatic carbocycles. The highest BCUT2D eigenvalue weighted by atomic mass is 79.9. The van der Waals surface area contributed by atoms with Gasteiger partial charge in [0, 0.05) is 9.89 Å². The molecule has 7 heteroatoms. The molecule has 0 aliphatic carbocycles. The van der Waals surface area contributed by atoms with Crippen LogP contribution in [0.3, 0.4) is 0 Å². The first-order chi connectivity index (χ1) is 11.8. The Kier molecular flexibility index (Phi) is 4.14. The van der Waals surface area contributed by atoms with E-state index in [1.54, 1.807) is 12.1 Å². The van der Waals surface area contributed by atoms with Gasteiger partial charge < -0.3 is 19.9 Å². The molecule has 0 spiro atoms. The standard InChI is InChI=1S/C18H16BrN3O3/c1-18(2,3)16-10(6-20)15(11(7-21)17(22)25-16)9-4-13-14(5-12(9)19)24-8-23-13/h4-5,15H,8,22H2,1-3H3/t15-/m1/s1. The largest absolute Gasteiger partial charge is 0.454 e. The Balaban J connectivity index is 2.27. The average Bonchev–Trinajstić information content (AvgIpc) is 2.99. The average molecular weight is 402 g/mol. The topological polar surface area (TPSA) is 101 Å². The van der Waals surface area contributed by atoms with E-state index in [0.717, 1.165) is 0 Å². The van der Waals surface area contributed by atoms with Crippen molar-refractivity contribution >= 4 is 15.9 Å². The predicted octanol–water partition coefficient (Wildman–Crippen LogP) is 3.81. The molecular formula is C18H16BrN3O3. The molecule has 1 aromatic rings. The number of hydrogen-bond donors (Lipinski definition) is 1. The molecule has 2 N–H and O–H groups in total. The quantitative estimate of drug-likeness (QED) is 0.767. The monoisotopic (exact) mass is 401 g/mol. The first kappa shape index (κ1) is 17.2. The minimum absolute atomic E-state index is 0.0148. The second-order valence-corrected chi connectivity index (χ2v) is 7.61. The first-order valence-electron chi connectivity index (χ1n) is 7.59. The van der Waals surface area contributed by atoms with Gasteiger partial charge in [-0.15, -0.1) is 0 Å². The van der Waals surface area contributed by atoms with Gasteiger partial charge in [-0.3, -0.25) is 0 Å². The van der Waals surface area contributed by atoms with Gasteiger partial charge in [0.15, 0.2) is 11.5 Å². The Hall–Kier alpha value is -2.64. The van der Waals surface area contributed by atoms with E-state index in [2.05, 4.69) is 28.1 Å². The van der Waals surface area contributed by atoms with Crippen LogP contribution in [0.5, 0.6) is 11.5 Å². The predicted molar refractivity (Wildman–Crippen MR) is 93.0 cm³/mol. The van der Waals surface area contributed by atoms with E-state index in [0.29, 0.717) is 32.9 Å². The number of hydrogen-bond acceptors (Lipinski definition) is 6. The van der Waals surface area contributed by atoms with Gasteiger partial charge in [0.05, 0.1) is 17.6 Å². The lowest BCUT2D eigenvalue weighted by Gasteiger charge is -2.32. The molecule has 2 heterocycles. The maximum atomic E-state index is 9.81. The van der Waals surface area contributed by atoms with Crippen molar-refractivity contribution in [3.63, 3.8) is 0 Å². The van der Waals surface area contributed by atoms with E-state index in [4.69, 9.17) is 19.9 Å². The minimum atomic E-state index is -0.637. The van der Waals surface area contributed by atoms with Gasteiger partial charge in [-0.25, -0.2) is 0 Å². The molecule has 0 amide bonds. The fourth-order valence-electron chi connectivity index (χ4n) is 2.89. The Morgan fingerprint density at radius 3 is 2.28 bits per heavy atom. The maximum absolute atomic E-state index is 9.81. The molecule has 0 unspecified atom stereocenters. The lowest BCUT2D eigenvalue weighted by Crippen LogP contribution is -2.26. The van der Waals surface area contributed by atoms with E-state index in [9.17, 15) is 10.5 Å². The third-order valence-electron chi connectivity index (χ3n) is 4.02. The summed E-state index contributed by atoms with van der Waals surface area (Å²) < 4.78 is 17.2. The van der Waals surface area contributed by atoms with Gasteiger partial charge >= 0.3 is 0 Å². The molecule has 0 bridgehead atoms. The van der Waals surface area contributed by atoms with Gasteiger partial charge in [0.2, 0.25) is 12.7 Å². The Morgan fingerprint density at radius 2 is 1.72 bits per heavy atom. The van der Waals surface area contributed by atoms with Gasteiger partial charge in [-0.1, -0.05) is 36.7 Å². The number of ether oxygens (including phenoxy) is 3. The van der Waals surface area contributed by atoms with Gasteiger partial charge in [0.25, 0.3) is 0 Å². The fraction of sp³-hybridized carbons (Fsp3) is 0.333. The zero-order chi connectivity index (χ0) is 18.4. The van der Waals surface area contributed by atoms with Crippen LogP contribution in [-0.2, 0) is 4.74 Å². The fourth-order valence-corrected chi connectivity index (χ4v) is 3.45. The number of nitriles is 2. The number of nitrogens with zero attached hydrogens (tertiary/aromatic N) is 2. The number of fused-ring (bicyclic) bond motifs is 1. The third-order valence-corrected chi connectivity index (χ3v) is 4.71. The lowest BCUT2D eigenvalue weighted by molar-refractivity contribution is 0.174. The molecule has 0 saturated heterocycles. The van der Waals surface area contributed by atoms with Crippen molar-refractivity contribution in [3.8, 4) is 23.6 Å². The van der Waals surface area contributed by atoms with E-state index in [-0.39, 0.29) is 18.2 Å². The van der Waals surface area contributed by atoms with Crippen molar-refractivity contribution in [2.24, 2.45) is 11.1 Å². The summed E-state index contributed by atoms with van der Waals surface area (Å²) in [6.45, 7) is 5.92. The zero-order valence-corrected chi connectivity index (χ0v) is 15.6. The summed E-state index contributed by atoms with van der Waals surface area (Å²) in [4.78, 5) is 0. The Morgan fingerprint density at radius 1 is 1.12 bits per heavy atom. The van der Waals surface area contributed by atoms with Crippen LogP contribution in [0, 0.1) is 28.1 Å². The number of nitrogens with two attached hydrogens (primary N) is 1. The smallest absolute Gasteiger partial charge is 0.231 e. The van der Waals surface area contributed by atoms with E-state index in [1.165, 1.54) is 0 Å². The summed E-state index contributed by atoms with van der Waals surface area (Å²) in [6.07, 6.45) is 0. The summed E-state index contributed by atoms with van der Waals surface area (Å²) in [5.74, 6) is 1.01. The normalized spacial score (nSPS) is 19.4. The first-order valence-corrected chi connectivity index (χ1v) is 8.38. The highest BCUT2D eigenvalue weighted by Gasteiger charge is 2.38. The lowest BCUT2D eigenvalue weighted by atomic mass is 9.79. The van der Waals surface area contributed by atoms with Crippen molar-refractivity contribution in [2.75, 3.05) is 6.79 Å². The summed E-state index contributed by atoms with van der Waals surface area (Å²) in [5, 5.41) is 19.4. The second kappa shape index (κ2) is 6.02. The van der Waals surface area contributed by atoms with Crippen LogP contribution in [-0.4, -0.2) is 6.79 Å². The molecule has 0 aromatic heterocycles. The molecule has 1 atom stereocenters. The van der Waals surface area contributed by atoms with E-state index >= 15 is 0 Å². The molecule has 0 fully saturated rings. The van der Waals surface area contributed by atoms with Crippen LogP contribution in [0.25, 0.3) is 0 Å². The molecule has 128 valence electrons. The van der Waals surface area contributed by atoms with Crippen molar-refractivity contribution in [1.82, 2.24) is 0 Å². The molecule has 6 nitrogen and oxygen atoms in total. The summed E-state index contributed by atoms with van der Waals surface area (Å²) in [6, 6.07) is 7.83. The van der Waals surface area contributed by atoms with Crippen LogP contribution in [0.1, 0.15) is 32.3 Å². The molecule has 2 aliphatic rings. The highest BCUT2D eigenvalue weighted by molar-refractivity contribution is 9.10. The Labute approximate surface area is 154 Å². The maximum Gasteiger partial charge on any atom is 0.231 e. The third kappa shape index (κ3) is 2.81. The number of rotatable bonds is 1. The van der Waals surface area contributed by atoms with Crippen LogP contribution in [0.4, 0.5) is 0 Å². The molecule has 3 rings (SSSR count). The molecule has 2 aliphatic heterocycles. The minimum Gasteiger partial charge on any atom is -0.454 e. The number of allylic oxidation sites excluding steroid dienone is 3. The number of halogens is 1. The van der Waals surface area contributed by atoms with Crippen molar-refractivity contribution in [2.45, 2.75) is 26.7 Å². The van der Waals surface area contributed by atoms with Gasteiger partial charge in [-0.05, 0) is 17.7 Å².